The molecule has 0 saturated carbocycles. The summed E-state index contributed by atoms with van der Waals surface area (Å²) in [5.74, 6) is -3.26. The Morgan fingerprint density at radius 3 is 2.12 bits per heavy atom. The number of aliphatic hydroxyl groups excluding tert-OH is 1. The second kappa shape index (κ2) is 8.66. The van der Waals surface area contributed by atoms with Crippen LogP contribution in [0.4, 0.5) is 10.1 Å². The van der Waals surface area contributed by atoms with E-state index >= 15 is 0 Å². The van der Waals surface area contributed by atoms with Crippen LogP contribution < -0.4 is 14.4 Å². The summed E-state index contributed by atoms with van der Waals surface area (Å²) in [4.78, 5) is 27.3. The van der Waals surface area contributed by atoms with Crippen molar-refractivity contribution in [2.45, 2.75) is 6.04 Å². The maximum atomic E-state index is 14.9. The zero-order valence-corrected chi connectivity index (χ0v) is 17.8. The van der Waals surface area contributed by atoms with Gasteiger partial charge in [-0.2, -0.15) is 0 Å². The molecule has 1 unspecified atom stereocenters. The number of para-hydroxylation sites is 2. The number of aliphatic hydroxyl groups is 1. The molecule has 1 saturated heterocycles. The van der Waals surface area contributed by atoms with E-state index in [4.69, 9.17) is 9.47 Å². The van der Waals surface area contributed by atoms with E-state index < -0.39 is 29.3 Å². The monoisotopic (exact) mass is 449 g/mol. The number of ether oxygens (including phenoxy) is 2. The zero-order valence-electron chi connectivity index (χ0n) is 17.8. The molecule has 1 heterocycles. The lowest BCUT2D eigenvalue weighted by Gasteiger charge is -2.26. The number of Topliss-reactive ketones (excluding diaryl/α,β-unsaturated/α-hetero) is 1. The SMILES string of the molecule is COc1cccc(OC)c1/C(O)=C1\C(=O)C(=O)N(c2ccccc2O)C1c1ccccc1F. The fourth-order valence-electron chi connectivity index (χ4n) is 3.96. The number of aromatic hydroxyl groups is 1. The van der Waals surface area contributed by atoms with Gasteiger partial charge in [0.2, 0.25) is 0 Å². The van der Waals surface area contributed by atoms with Gasteiger partial charge in [0, 0.05) is 5.56 Å². The molecule has 1 amide bonds. The molecule has 8 heteroatoms. The van der Waals surface area contributed by atoms with Gasteiger partial charge in [0.05, 0.1) is 31.5 Å². The molecule has 2 N–H and O–H groups in total. The van der Waals surface area contributed by atoms with Crippen LogP contribution in [-0.4, -0.2) is 36.1 Å². The number of carbonyl (C=O) groups excluding carboxylic acids is 2. The van der Waals surface area contributed by atoms with E-state index in [0.29, 0.717) is 0 Å². The number of hydrogen-bond acceptors (Lipinski definition) is 6. The number of hydrogen-bond donors (Lipinski definition) is 2. The summed E-state index contributed by atoms with van der Waals surface area (Å²) in [6.45, 7) is 0. The standard InChI is InChI=1S/C25H20FNO6/c1-32-18-12-7-13-19(33-2)20(18)23(29)21-22(14-8-3-4-9-15(14)26)27(25(31)24(21)30)16-10-5-6-11-17(16)28/h3-13,22,28-29H,1-2H3/b23-21+. The van der Waals surface area contributed by atoms with E-state index in [1.165, 1.54) is 44.6 Å². The lowest BCUT2D eigenvalue weighted by atomic mass is 9.94. The van der Waals surface area contributed by atoms with Crippen LogP contribution >= 0.6 is 0 Å². The van der Waals surface area contributed by atoms with Crippen LogP contribution in [0, 0.1) is 5.82 Å². The Labute approximate surface area is 188 Å². The van der Waals surface area contributed by atoms with E-state index in [1.807, 2.05) is 0 Å². The van der Waals surface area contributed by atoms with Gasteiger partial charge in [-0.05, 0) is 30.3 Å². The predicted molar refractivity (Wildman–Crippen MR) is 119 cm³/mol. The van der Waals surface area contributed by atoms with Gasteiger partial charge in [0.25, 0.3) is 11.7 Å². The van der Waals surface area contributed by atoms with Gasteiger partial charge in [-0.3, -0.25) is 14.5 Å². The number of rotatable bonds is 5. The number of anilines is 1. The summed E-state index contributed by atoms with van der Waals surface area (Å²) in [5, 5.41) is 21.7. The summed E-state index contributed by atoms with van der Waals surface area (Å²) < 4.78 is 25.6. The zero-order chi connectivity index (χ0) is 23.7. The highest BCUT2D eigenvalue weighted by atomic mass is 19.1. The molecule has 7 nitrogen and oxygen atoms in total. The highest BCUT2D eigenvalue weighted by Gasteiger charge is 2.49. The Kier molecular flexibility index (Phi) is 5.74. The van der Waals surface area contributed by atoms with Crippen molar-refractivity contribution >= 4 is 23.1 Å². The molecule has 0 radical (unpaired) electrons. The quantitative estimate of drug-likeness (QED) is 0.345. The molecule has 0 aliphatic carbocycles. The van der Waals surface area contributed by atoms with E-state index in [9.17, 15) is 24.2 Å². The minimum Gasteiger partial charge on any atom is -0.506 e. The summed E-state index contributed by atoms with van der Waals surface area (Å²) in [5.41, 5.74) is -0.357. The minimum atomic E-state index is -1.35. The first-order valence-corrected chi connectivity index (χ1v) is 9.95. The molecule has 168 valence electrons. The molecule has 1 aliphatic rings. The highest BCUT2D eigenvalue weighted by Crippen LogP contribution is 2.47. The Morgan fingerprint density at radius 2 is 1.52 bits per heavy atom. The molecule has 3 aromatic rings. The normalized spacial score (nSPS) is 17.3. The van der Waals surface area contributed by atoms with Gasteiger partial charge in [-0.15, -0.1) is 0 Å². The third-order valence-corrected chi connectivity index (χ3v) is 5.45. The number of amides is 1. The van der Waals surface area contributed by atoms with Crippen molar-refractivity contribution in [3.05, 3.63) is 89.2 Å². The van der Waals surface area contributed by atoms with Crippen molar-refractivity contribution in [2.75, 3.05) is 19.1 Å². The Balaban J connectivity index is 2.06. The number of carbonyl (C=O) groups is 2. The van der Waals surface area contributed by atoms with Crippen molar-refractivity contribution in [1.82, 2.24) is 0 Å². The lowest BCUT2D eigenvalue weighted by molar-refractivity contribution is -0.132. The van der Waals surface area contributed by atoms with Crippen LogP contribution in [0.2, 0.25) is 0 Å². The second-order valence-corrected chi connectivity index (χ2v) is 7.22. The maximum Gasteiger partial charge on any atom is 0.300 e. The van der Waals surface area contributed by atoms with Gasteiger partial charge in [-0.1, -0.05) is 36.4 Å². The molecule has 1 atom stereocenters. The van der Waals surface area contributed by atoms with Crippen LogP contribution in [0.25, 0.3) is 5.76 Å². The molecule has 4 rings (SSSR count). The van der Waals surface area contributed by atoms with E-state index in [1.54, 1.807) is 36.4 Å². The molecule has 1 fully saturated rings. The van der Waals surface area contributed by atoms with Gasteiger partial charge in [-0.25, -0.2) is 4.39 Å². The molecule has 3 aromatic carbocycles. The fourth-order valence-corrected chi connectivity index (χ4v) is 3.96. The number of benzene rings is 3. The average molecular weight is 449 g/mol. The number of nitrogens with zero attached hydrogens (tertiary/aromatic N) is 1. The van der Waals surface area contributed by atoms with E-state index in [-0.39, 0.29) is 39.6 Å². The van der Waals surface area contributed by atoms with Crippen molar-refractivity contribution in [1.29, 1.82) is 0 Å². The van der Waals surface area contributed by atoms with Crippen LogP contribution in [0.3, 0.4) is 0 Å². The summed E-state index contributed by atoms with van der Waals surface area (Å²) >= 11 is 0. The maximum absolute atomic E-state index is 14.9. The third-order valence-electron chi connectivity index (χ3n) is 5.45. The highest BCUT2D eigenvalue weighted by molar-refractivity contribution is 6.52. The van der Waals surface area contributed by atoms with Crippen LogP contribution in [0.15, 0.2) is 72.3 Å². The van der Waals surface area contributed by atoms with Crippen molar-refractivity contribution < 1.29 is 33.7 Å². The molecule has 0 aromatic heterocycles. The van der Waals surface area contributed by atoms with E-state index in [0.717, 1.165) is 4.90 Å². The molecular weight excluding hydrogens is 429 g/mol. The van der Waals surface area contributed by atoms with Gasteiger partial charge in [0.1, 0.15) is 34.4 Å². The Bertz CT molecular complexity index is 1260. The van der Waals surface area contributed by atoms with Gasteiger partial charge in [0.15, 0.2) is 0 Å². The summed E-state index contributed by atoms with van der Waals surface area (Å²) in [7, 11) is 2.75. The topological polar surface area (TPSA) is 96.3 Å². The molecule has 33 heavy (non-hydrogen) atoms. The number of phenols is 1. The first-order valence-electron chi connectivity index (χ1n) is 9.95. The van der Waals surface area contributed by atoms with Crippen molar-refractivity contribution in [2.24, 2.45) is 0 Å². The smallest absolute Gasteiger partial charge is 0.300 e. The molecular formula is C25H20FNO6. The van der Waals surface area contributed by atoms with Gasteiger partial charge < -0.3 is 19.7 Å². The lowest BCUT2D eigenvalue weighted by Crippen LogP contribution is -2.29. The third kappa shape index (κ3) is 3.55. The molecule has 1 aliphatic heterocycles. The van der Waals surface area contributed by atoms with Crippen molar-refractivity contribution in [3.8, 4) is 17.2 Å². The number of halogens is 1. The number of phenolic OH excluding ortho intramolecular Hbond substituents is 1. The minimum absolute atomic E-state index is 0.00102. The summed E-state index contributed by atoms with van der Waals surface area (Å²) in [6.07, 6.45) is 0. The number of ketones is 1. The molecule has 0 bridgehead atoms. The van der Waals surface area contributed by atoms with Crippen LogP contribution in [0.1, 0.15) is 17.2 Å². The Morgan fingerprint density at radius 1 is 0.909 bits per heavy atom. The summed E-state index contributed by atoms with van der Waals surface area (Å²) in [6, 6.07) is 14.9. The second-order valence-electron chi connectivity index (χ2n) is 7.22. The fraction of sp³-hybridized carbons (Fsp3) is 0.120. The molecule has 0 spiro atoms. The first-order chi connectivity index (χ1) is 15.9. The van der Waals surface area contributed by atoms with E-state index in [2.05, 4.69) is 0 Å². The predicted octanol–water partition coefficient (Wildman–Crippen LogP) is 4.17. The van der Waals surface area contributed by atoms with Crippen LogP contribution in [-0.2, 0) is 9.59 Å². The first kappa shape index (κ1) is 21.9. The number of methoxy groups -OCH3 is 2. The average Bonchev–Trinajstić information content (AvgIpc) is 3.08. The Hall–Kier alpha value is -4.33. The largest absolute Gasteiger partial charge is 0.506 e. The van der Waals surface area contributed by atoms with Gasteiger partial charge >= 0.3 is 0 Å². The van der Waals surface area contributed by atoms with Crippen LogP contribution in [0.5, 0.6) is 17.2 Å². The van der Waals surface area contributed by atoms with Crippen molar-refractivity contribution in [3.63, 3.8) is 0 Å².